The van der Waals surface area contributed by atoms with Crippen LogP contribution in [0, 0.1) is 0 Å². The van der Waals surface area contributed by atoms with Gasteiger partial charge in [0.15, 0.2) is 0 Å². The summed E-state index contributed by atoms with van der Waals surface area (Å²) in [6, 6.07) is 13.0. The number of halogens is 1. The van der Waals surface area contributed by atoms with Crippen molar-refractivity contribution in [3.63, 3.8) is 0 Å². The van der Waals surface area contributed by atoms with E-state index in [-0.39, 0.29) is 5.91 Å². The molecule has 0 bridgehead atoms. The zero-order valence-electron chi connectivity index (χ0n) is 13.8. The topological polar surface area (TPSA) is 64.8 Å². The Morgan fingerprint density at radius 3 is 2.62 bits per heavy atom. The summed E-state index contributed by atoms with van der Waals surface area (Å²) >= 11 is 6.01. The molecule has 2 aromatic carbocycles. The molecule has 5 nitrogen and oxygen atoms in total. The first kappa shape index (κ1) is 18.1. The summed E-state index contributed by atoms with van der Waals surface area (Å²) in [5.74, 6) is 0.205. The molecule has 0 unspecified atom stereocenters. The van der Waals surface area contributed by atoms with Gasteiger partial charge >= 0.3 is 0 Å². The van der Waals surface area contributed by atoms with Gasteiger partial charge in [-0.05, 0) is 11.6 Å². The number of rotatable bonds is 7. The van der Waals surface area contributed by atoms with Crippen LogP contribution in [-0.2, 0) is 11.3 Å². The highest BCUT2D eigenvalue weighted by molar-refractivity contribution is 6.33. The standard InChI is InChI=1S/C18H21ClN2O3/c1-21(8-9-24-12-13-6-4-3-5-7-13)18(22)14-10-15(19)16(20)11-17(14)23-2/h3-7,10-11H,8-9,12,20H2,1-2H3. The maximum absolute atomic E-state index is 12.5. The molecule has 0 saturated carbocycles. The molecule has 0 spiro atoms. The summed E-state index contributed by atoms with van der Waals surface area (Å²) in [6.45, 7) is 1.40. The van der Waals surface area contributed by atoms with Crippen molar-refractivity contribution in [2.24, 2.45) is 0 Å². The van der Waals surface area contributed by atoms with E-state index >= 15 is 0 Å². The fourth-order valence-corrected chi connectivity index (χ4v) is 2.34. The number of nitrogens with two attached hydrogens (primary N) is 1. The van der Waals surface area contributed by atoms with Crippen molar-refractivity contribution in [3.8, 4) is 5.75 Å². The van der Waals surface area contributed by atoms with Crippen LogP contribution in [0.1, 0.15) is 15.9 Å². The Labute approximate surface area is 146 Å². The third-order valence-electron chi connectivity index (χ3n) is 3.58. The Bertz CT molecular complexity index is 692. The van der Waals surface area contributed by atoms with Crippen LogP contribution in [0.2, 0.25) is 5.02 Å². The summed E-state index contributed by atoms with van der Waals surface area (Å²) < 4.78 is 10.8. The largest absolute Gasteiger partial charge is 0.496 e. The SMILES string of the molecule is COc1cc(N)c(Cl)cc1C(=O)N(C)CCOCc1ccccc1. The van der Waals surface area contributed by atoms with Crippen LogP contribution in [0.5, 0.6) is 5.75 Å². The van der Waals surface area contributed by atoms with Crippen molar-refractivity contribution in [3.05, 3.63) is 58.6 Å². The van der Waals surface area contributed by atoms with Gasteiger partial charge in [-0.15, -0.1) is 0 Å². The van der Waals surface area contributed by atoms with Crippen LogP contribution in [0.15, 0.2) is 42.5 Å². The highest BCUT2D eigenvalue weighted by Gasteiger charge is 2.18. The third kappa shape index (κ3) is 4.63. The first-order chi connectivity index (χ1) is 11.5. The molecule has 6 heteroatoms. The molecule has 0 fully saturated rings. The average Bonchev–Trinajstić information content (AvgIpc) is 2.60. The fraction of sp³-hybridized carbons (Fsp3) is 0.278. The number of methoxy groups -OCH3 is 1. The van der Waals surface area contributed by atoms with E-state index in [0.29, 0.717) is 41.8 Å². The average molecular weight is 349 g/mol. The van der Waals surface area contributed by atoms with Gasteiger partial charge in [-0.1, -0.05) is 41.9 Å². The van der Waals surface area contributed by atoms with E-state index in [1.165, 1.54) is 13.2 Å². The molecule has 0 aromatic heterocycles. The number of amides is 1. The lowest BCUT2D eigenvalue weighted by Crippen LogP contribution is -2.30. The Kier molecular flexibility index (Phi) is 6.46. The van der Waals surface area contributed by atoms with Crippen molar-refractivity contribution in [1.82, 2.24) is 4.90 Å². The molecule has 2 rings (SSSR count). The molecule has 0 saturated heterocycles. The summed E-state index contributed by atoms with van der Waals surface area (Å²) in [7, 11) is 3.19. The maximum Gasteiger partial charge on any atom is 0.257 e. The molecule has 0 aliphatic carbocycles. The van der Waals surface area contributed by atoms with E-state index in [1.807, 2.05) is 30.3 Å². The van der Waals surface area contributed by atoms with E-state index in [2.05, 4.69) is 0 Å². The number of nitrogens with zero attached hydrogens (tertiary/aromatic N) is 1. The minimum absolute atomic E-state index is 0.197. The van der Waals surface area contributed by atoms with Crippen LogP contribution in [0.3, 0.4) is 0 Å². The van der Waals surface area contributed by atoms with Gasteiger partial charge in [0.1, 0.15) is 5.75 Å². The van der Waals surface area contributed by atoms with Gasteiger partial charge in [0.25, 0.3) is 5.91 Å². The fourth-order valence-electron chi connectivity index (χ4n) is 2.18. The molecular formula is C18H21ClN2O3. The van der Waals surface area contributed by atoms with Crippen molar-refractivity contribution >= 4 is 23.2 Å². The molecule has 0 aliphatic heterocycles. The summed E-state index contributed by atoms with van der Waals surface area (Å²) in [6.07, 6.45) is 0. The van der Waals surface area contributed by atoms with Crippen molar-refractivity contribution in [2.45, 2.75) is 6.61 Å². The van der Waals surface area contributed by atoms with Gasteiger partial charge in [0.05, 0.1) is 36.6 Å². The van der Waals surface area contributed by atoms with Crippen LogP contribution < -0.4 is 10.5 Å². The molecule has 0 radical (unpaired) electrons. The normalized spacial score (nSPS) is 10.5. The van der Waals surface area contributed by atoms with E-state index in [1.54, 1.807) is 18.0 Å². The number of carbonyl (C=O) groups is 1. The quantitative estimate of drug-likeness (QED) is 0.616. The first-order valence-electron chi connectivity index (χ1n) is 7.53. The van der Waals surface area contributed by atoms with Crippen LogP contribution in [0.4, 0.5) is 5.69 Å². The Balaban J connectivity index is 1.91. The second-order valence-corrected chi connectivity index (χ2v) is 5.75. The summed E-state index contributed by atoms with van der Waals surface area (Å²) in [5.41, 5.74) is 7.58. The zero-order chi connectivity index (χ0) is 17.5. The van der Waals surface area contributed by atoms with E-state index in [4.69, 9.17) is 26.8 Å². The predicted molar refractivity (Wildman–Crippen MR) is 95.5 cm³/mol. The lowest BCUT2D eigenvalue weighted by Gasteiger charge is -2.19. The van der Waals surface area contributed by atoms with Crippen molar-refractivity contribution < 1.29 is 14.3 Å². The second-order valence-electron chi connectivity index (χ2n) is 5.34. The van der Waals surface area contributed by atoms with E-state index in [9.17, 15) is 4.79 Å². The lowest BCUT2D eigenvalue weighted by atomic mass is 10.1. The highest BCUT2D eigenvalue weighted by Crippen LogP contribution is 2.29. The van der Waals surface area contributed by atoms with Gasteiger partial charge in [-0.3, -0.25) is 4.79 Å². The number of nitrogen functional groups attached to an aromatic ring is 1. The van der Waals surface area contributed by atoms with Gasteiger partial charge < -0.3 is 20.1 Å². The zero-order valence-corrected chi connectivity index (χ0v) is 14.5. The van der Waals surface area contributed by atoms with Gasteiger partial charge in [0.2, 0.25) is 0 Å². The number of hydrogen-bond donors (Lipinski definition) is 1. The van der Waals surface area contributed by atoms with Gasteiger partial charge in [-0.2, -0.15) is 0 Å². The summed E-state index contributed by atoms with van der Waals surface area (Å²) in [4.78, 5) is 14.1. The number of anilines is 1. The number of ether oxygens (including phenoxy) is 2. The lowest BCUT2D eigenvalue weighted by molar-refractivity contribution is 0.0668. The Morgan fingerprint density at radius 1 is 1.25 bits per heavy atom. The Morgan fingerprint density at radius 2 is 1.96 bits per heavy atom. The number of hydrogen-bond acceptors (Lipinski definition) is 4. The molecule has 0 atom stereocenters. The highest BCUT2D eigenvalue weighted by atomic mass is 35.5. The minimum atomic E-state index is -0.197. The molecular weight excluding hydrogens is 328 g/mol. The number of likely N-dealkylation sites (N-methyl/N-ethyl adjacent to an activating group) is 1. The predicted octanol–water partition coefficient (Wildman–Crippen LogP) is 3.22. The van der Waals surface area contributed by atoms with Crippen LogP contribution in [-0.4, -0.2) is 38.1 Å². The van der Waals surface area contributed by atoms with Crippen molar-refractivity contribution in [2.75, 3.05) is 33.0 Å². The smallest absolute Gasteiger partial charge is 0.257 e. The first-order valence-corrected chi connectivity index (χ1v) is 7.91. The molecule has 0 aliphatic rings. The monoisotopic (exact) mass is 348 g/mol. The maximum atomic E-state index is 12.5. The molecule has 1 amide bonds. The van der Waals surface area contributed by atoms with E-state index in [0.717, 1.165) is 5.56 Å². The molecule has 2 aromatic rings. The van der Waals surface area contributed by atoms with Gasteiger partial charge in [-0.25, -0.2) is 0 Å². The second kappa shape index (κ2) is 8.57. The third-order valence-corrected chi connectivity index (χ3v) is 3.91. The summed E-state index contributed by atoms with van der Waals surface area (Å²) in [5, 5.41) is 0.327. The van der Waals surface area contributed by atoms with E-state index < -0.39 is 0 Å². The Hall–Kier alpha value is -2.24. The minimum Gasteiger partial charge on any atom is -0.496 e. The molecule has 0 heterocycles. The van der Waals surface area contributed by atoms with Crippen molar-refractivity contribution in [1.29, 1.82) is 0 Å². The molecule has 24 heavy (non-hydrogen) atoms. The number of carbonyl (C=O) groups excluding carboxylic acids is 1. The van der Waals surface area contributed by atoms with Gasteiger partial charge in [0, 0.05) is 19.7 Å². The molecule has 128 valence electrons. The van der Waals surface area contributed by atoms with Crippen LogP contribution in [0.25, 0.3) is 0 Å². The number of benzene rings is 2. The molecule has 2 N–H and O–H groups in total. The van der Waals surface area contributed by atoms with Crippen LogP contribution >= 0.6 is 11.6 Å².